The van der Waals surface area contributed by atoms with Crippen LogP contribution in [0.25, 0.3) is 65.4 Å². The van der Waals surface area contributed by atoms with Crippen LogP contribution in [0.5, 0.6) is 0 Å². The largest absolute Gasteiger partial charge is 0.368 e. The number of Topliss-reactive ketones (excluding diaryl/α,β-unsaturated/α-hetero) is 3. The molecule has 101 heavy (non-hydrogen) atoms. The van der Waals surface area contributed by atoms with Crippen molar-refractivity contribution in [2.75, 3.05) is 123 Å². The average Bonchev–Trinajstić information content (AvgIpc) is 1.66. The number of hydrogen-bond donors (Lipinski definition) is 4. The molecule has 0 amide bonds. The maximum atomic E-state index is 14.8. The molecule has 0 aliphatic carbocycles. The number of halogens is 2. The molecule has 3 fully saturated rings. The van der Waals surface area contributed by atoms with Crippen LogP contribution in [0.4, 0.5) is 56.8 Å². The summed E-state index contributed by atoms with van der Waals surface area (Å²) in [7, 11) is 2.15. The van der Waals surface area contributed by atoms with Crippen molar-refractivity contribution in [3.8, 4) is 0 Å². The van der Waals surface area contributed by atoms with Crippen LogP contribution < -0.4 is 36.0 Å². The Morgan fingerprint density at radius 1 is 0.465 bits per heavy atom. The zero-order valence-electron chi connectivity index (χ0n) is 58.7. The number of rotatable bonds is 16. The second-order valence-corrected chi connectivity index (χ2v) is 26.3. The molecule has 3 aromatic carbocycles. The summed E-state index contributed by atoms with van der Waals surface area (Å²) >= 11 is 0. The summed E-state index contributed by atoms with van der Waals surface area (Å²) in [5, 5.41) is 31.0. The molecule has 29 heteroatoms. The highest BCUT2D eigenvalue weighted by Crippen LogP contribution is 2.35. The molecule has 0 spiro atoms. The minimum atomic E-state index is -0.346. The lowest BCUT2D eigenvalue weighted by molar-refractivity contribution is 0.101. The molecule has 3 aliphatic heterocycles. The van der Waals surface area contributed by atoms with Crippen molar-refractivity contribution in [2.24, 2.45) is 0 Å². The number of anilines is 9. The number of hydrogen-bond acceptors (Lipinski definition) is 24. The Labute approximate surface area is 589 Å². The number of ketones is 3. The summed E-state index contributed by atoms with van der Waals surface area (Å²) in [5.41, 5.74) is 9.22. The first-order valence-corrected chi connectivity index (χ1v) is 34.1. The molecule has 0 saturated carbocycles. The summed E-state index contributed by atoms with van der Waals surface area (Å²) in [5.74, 6) is 2.49. The van der Waals surface area contributed by atoms with Gasteiger partial charge >= 0.3 is 0 Å². The van der Waals surface area contributed by atoms with Gasteiger partial charge < -0.3 is 45.8 Å². The molecule has 0 bridgehead atoms. The maximum Gasteiger partial charge on any atom is 0.228 e. The highest BCUT2D eigenvalue weighted by atomic mass is 35.5. The van der Waals surface area contributed by atoms with Crippen molar-refractivity contribution in [3.05, 3.63) is 127 Å². The Morgan fingerprint density at radius 2 is 0.842 bits per heavy atom. The summed E-state index contributed by atoms with van der Waals surface area (Å²) < 4.78 is 20.5. The Morgan fingerprint density at radius 3 is 1.19 bits per heavy atom. The van der Waals surface area contributed by atoms with E-state index in [9.17, 15) is 18.8 Å². The summed E-state index contributed by atoms with van der Waals surface area (Å²) in [6.45, 7) is 31.7. The normalized spacial score (nSPS) is 14.6. The topological polar surface area (TPSA) is 285 Å². The minimum Gasteiger partial charge on any atom is -0.368 e. The van der Waals surface area contributed by atoms with E-state index in [1.165, 1.54) is 19.2 Å². The number of pyridine rings is 3. The number of fused-ring (bicyclic) bond motifs is 9. The molecule has 9 aromatic heterocycles. The van der Waals surface area contributed by atoms with Crippen molar-refractivity contribution >= 4 is 148 Å². The number of nitrogens with zero attached hydrogens (tertiary/aromatic N) is 20. The minimum absolute atomic E-state index is 0. The van der Waals surface area contributed by atoms with E-state index in [-0.39, 0.29) is 59.6 Å². The van der Waals surface area contributed by atoms with Crippen LogP contribution in [0.15, 0.2) is 104 Å². The van der Waals surface area contributed by atoms with Crippen molar-refractivity contribution in [2.45, 2.75) is 87.4 Å². The van der Waals surface area contributed by atoms with Crippen molar-refractivity contribution in [1.29, 1.82) is 0 Å². The summed E-state index contributed by atoms with van der Waals surface area (Å²) in [6, 6.07) is 15.2. The fourth-order valence-electron chi connectivity index (χ4n) is 13.0. The maximum absolute atomic E-state index is 14.8. The first-order chi connectivity index (χ1) is 48.3. The Bertz CT molecular complexity index is 5020. The highest BCUT2D eigenvalue weighted by molar-refractivity contribution is 6.17. The molecule has 12 aromatic rings. The highest BCUT2D eigenvalue weighted by Gasteiger charge is 2.24. The second-order valence-electron chi connectivity index (χ2n) is 26.3. The van der Waals surface area contributed by atoms with Gasteiger partial charge in [0.1, 0.15) is 34.0 Å². The van der Waals surface area contributed by atoms with E-state index in [1.807, 2.05) is 69.5 Å². The number of benzene rings is 3. The lowest BCUT2D eigenvalue weighted by atomic mass is 10.0. The van der Waals surface area contributed by atoms with Crippen LogP contribution in [0, 0.1) is 5.82 Å². The standard InChI is InChI=1S/C25H30N8O.C24H28N8O.C23H25FN8O.ClH/c1-5-31-8-10-32(11-9-31)19-6-7-22(26-14-19)29-25-27-13-18-12-20(17(4)34)21-15-28-33(16(2)3)24(21)23(18)30-25;1-15(2)32-23-20(14-27-32)19(16(3)33)11-17-12-26-24(29-22(17)23)28-21-6-5-18(13-25-21)31-9-7-30(4)8-10-31;1-13(2)32-22-17(11-28-32)16(14(3)33)8-15-10-27-23(30-21(15)22)29-20-9-18(24)19(12-26-20)31-6-4-25-5-7-31;/h6-7,12-16H,5,8-11H2,1-4H3,(H,26,27,29,30);5-6,11-15H,7-10H2,1-4H3,(H,25,26,28,29);8-13,25H,4-7H2,1-3H3,(H,26,27,29,30);1H. The SMILES string of the molecule is CC(=O)c1cc2cnc(Nc3cc(F)c(N4CCNCC4)cn3)nc2c2c1cnn2C(C)C.CC(=O)c1cc2cnc(Nc3ccc(N4CCN(C)CC4)cn3)nc2c2c1cnn2C(C)C.CCN1CCN(c2ccc(Nc3ncc4cc(C(C)=O)c5cnn(C(C)C)c5c4n3)nc2)CC1.Cl. The van der Waals surface area contributed by atoms with Crippen molar-refractivity contribution in [3.63, 3.8) is 0 Å². The molecule has 12 heterocycles. The molecule has 0 radical (unpaired) electrons. The summed E-state index contributed by atoms with van der Waals surface area (Å²) in [6.07, 6.45) is 15.7. The van der Waals surface area contributed by atoms with Crippen LogP contribution in [0.1, 0.15) is 118 Å². The van der Waals surface area contributed by atoms with Crippen LogP contribution in [-0.2, 0) is 0 Å². The fraction of sp³-hybridized carbons (Fsp3) is 0.375. The van der Waals surface area contributed by atoms with Crippen LogP contribution in [0.3, 0.4) is 0 Å². The van der Waals surface area contributed by atoms with Gasteiger partial charge in [0.25, 0.3) is 0 Å². The van der Waals surface area contributed by atoms with Gasteiger partial charge in [-0.25, -0.2) is 49.2 Å². The molecular formula is C72H84ClFN24O3. The number of carbonyl (C=O) groups is 3. The van der Waals surface area contributed by atoms with E-state index in [0.29, 0.717) is 57.2 Å². The van der Waals surface area contributed by atoms with Crippen LogP contribution >= 0.6 is 12.4 Å². The van der Waals surface area contributed by atoms with Gasteiger partial charge in [-0.1, -0.05) is 6.92 Å². The lowest BCUT2D eigenvalue weighted by Crippen LogP contribution is -2.46. The number of piperazine rings is 3. The molecule has 4 N–H and O–H groups in total. The van der Waals surface area contributed by atoms with E-state index in [1.54, 1.807) is 57.1 Å². The van der Waals surface area contributed by atoms with Gasteiger partial charge in [-0.15, -0.1) is 12.4 Å². The Balaban J connectivity index is 0.000000143. The van der Waals surface area contributed by atoms with E-state index < -0.39 is 0 Å². The van der Waals surface area contributed by atoms with Gasteiger partial charge in [0, 0.05) is 170 Å². The number of likely N-dealkylation sites (N-methyl/N-ethyl adjacent to an activating group) is 2. The zero-order chi connectivity index (χ0) is 70.0. The zero-order valence-corrected chi connectivity index (χ0v) is 59.5. The number of aromatic nitrogens is 15. The monoisotopic (exact) mass is 1390 g/mol. The molecule has 15 rings (SSSR count). The smallest absolute Gasteiger partial charge is 0.228 e. The van der Waals surface area contributed by atoms with Crippen molar-refractivity contribution in [1.82, 2.24) is 89.3 Å². The van der Waals surface area contributed by atoms with Gasteiger partial charge in [-0.3, -0.25) is 28.4 Å². The van der Waals surface area contributed by atoms with Gasteiger partial charge in [0.2, 0.25) is 17.8 Å². The lowest BCUT2D eigenvalue weighted by Gasteiger charge is -2.35. The van der Waals surface area contributed by atoms with E-state index in [0.717, 1.165) is 156 Å². The van der Waals surface area contributed by atoms with E-state index in [2.05, 4.69) is 145 Å². The first-order valence-electron chi connectivity index (χ1n) is 34.1. The number of carbonyl (C=O) groups excluding carboxylic acids is 3. The van der Waals surface area contributed by atoms with E-state index >= 15 is 0 Å². The quantitative estimate of drug-likeness (QED) is 0.0654. The molecule has 0 unspecified atom stereocenters. The van der Waals surface area contributed by atoms with Gasteiger partial charge in [0.05, 0.1) is 70.8 Å². The third-order valence-corrected chi connectivity index (χ3v) is 18.4. The van der Waals surface area contributed by atoms with Crippen LogP contribution in [0.2, 0.25) is 0 Å². The first kappa shape index (κ1) is 70.3. The average molecular weight is 1390 g/mol. The Kier molecular flexibility index (Phi) is 21.0. The second kappa shape index (κ2) is 30.1. The molecule has 0 atom stereocenters. The fourth-order valence-corrected chi connectivity index (χ4v) is 13.0. The third-order valence-electron chi connectivity index (χ3n) is 18.4. The molecule has 3 saturated heterocycles. The van der Waals surface area contributed by atoms with Gasteiger partial charge in [-0.05, 0) is 118 Å². The Hall–Kier alpha value is -10.6. The van der Waals surface area contributed by atoms with Crippen LogP contribution in [-0.4, -0.2) is 193 Å². The summed E-state index contributed by atoms with van der Waals surface area (Å²) in [4.78, 5) is 89.3. The molecule has 27 nitrogen and oxygen atoms in total. The van der Waals surface area contributed by atoms with Gasteiger partial charge in [0.15, 0.2) is 23.2 Å². The number of nitrogens with one attached hydrogen (secondary N) is 4. The molecule has 3 aliphatic rings. The van der Waals surface area contributed by atoms with Gasteiger partial charge in [-0.2, -0.15) is 15.3 Å². The predicted molar refractivity (Wildman–Crippen MR) is 399 cm³/mol. The van der Waals surface area contributed by atoms with E-state index in [4.69, 9.17) is 9.97 Å². The predicted octanol–water partition coefficient (Wildman–Crippen LogP) is 11.6. The molecule has 524 valence electrons. The third kappa shape index (κ3) is 14.9. The van der Waals surface area contributed by atoms with Crippen molar-refractivity contribution < 1.29 is 18.8 Å². The molecular weight excluding hydrogens is 1300 g/mol.